The van der Waals surface area contributed by atoms with Gasteiger partial charge in [0.15, 0.2) is 0 Å². The maximum Gasteiger partial charge on any atom is 0.255 e. The zero-order valence-electron chi connectivity index (χ0n) is 14.7. The summed E-state index contributed by atoms with van der Waals surface area (Å²) in [5.41, 5.74) is 0.913. The van der Waals surface area contributed by atoms with Crippen LogP contribution in [0.25, 0.3) is 0 Å². The van der Waals surface area contributed by atoms with Crippen LogP contribution in [0.4, 0.5) is 0 Å². The molecule has 0 saturated carbocycles. The van der Waals surface area contributed by atoms with Crippen LogP contribution >= 0.6 is 0 Å². The maximum absolute atomic E-state index is 12.5. The van der Waals surface area contributed by atoms with E-state index in [-0.39, 0.29) is 23.3 Å². The summed E-state index contributed by atoms with van der Waals surface area (Å²) in [6.07, 6.45) is 9.50. The van der Waals surface area contributed by atoms with Gasteiger partial charge in [-0.1, -0.05) is 0 Å². The highest BCUT2D eigenvalue weighted by atomic mass is 16.5. The zero-order valence-corrected chi connectivity index (χ0v) is 14.7. The van der Waals surface area contributed by atoms with Crippen molar-refractivity contribution in [1.82, 2.24) is 14.8 Å². The van der Waals surface area contributed by atoms with E-state index in [0.29, 0.717) is 6.42 Å². The topological polar surface area (TPSA) is 65.6 Å². The Kier molecular flexibility index (Phi) is 4.54. The number of rotatable bonds is 3. The van der Waals surface area contributed by atoms with Gasteiger partial charge in [0.05, 0.1) is 11.7 Å². The number of likely N-dealkylation sites (tertiary alicyclic amines) is 2. The molecule has 0 radical (unpaired) electrons. The molecule has 6 nitrogen and oxygen atoms in total. The molecule has 1 atom stereocenters. The van der Waals surface area contributed by atoms with Gasteiger partial charge in [-0.15, -0.1) is 0 Å². The number of hydrogen-bond donors (Lipinski definition) is 1. The van der Waals surface area contributed by atoms with Gasteiger partial charge < -0.3 is 19.5 Å². The summed E-state index contributed by atoms with van der Waals surface area (Å²) >= 11 is 0. The minimum absolute atomic E-state index is 0.110. The molecule has 3 aliphatic heterocycles. The van der Waals surface area contributed by atoms with Crippen LogP contribution in [0.2, 0.25) is 0 Å². The highest BCUT2D eigenvalue weighted by Gasteiger charge is 2.42. The third-order valence-electron chi connectivity index (χ3n) is 6.15. The molecule has 1 spiro atoms. The molecule has 25 heavy (non-hydrogen) atoms. The second kappa shape index (κ2) is 6.83. The molecule has 3 saturated heterocycles. The fourth-order valence-electron chi connectivity index (χ4n) is 4.53. The summed E-state index contributed by atoms with van der Waals surface area (Å²) < 4.78 is 5.72. The van der Waals surface area contributed by atoms with E-state index in [1.54, 1.807) is 12.4 Å². The van der Waals surface area contributed by atoms with Gasteiger partial charge in [-0.25, -0.2) is 0 Å². The maximum atomic E-state index is 12.5. The van der Waals surface area contributed by atoms with Crippen molar-refractivity contribution in [2.75, 3.05) is 32.8 Å². The van der Waals surface area contributed by atoms with Gasteiger partial charge in [0.1, 0.15) is 0 Å². The lowest BCUT2D eigenvalue weighted by Crippen LogP contribution is -2.53. The lowest BCUT2D eigenvalue weighted by molar-refractivity contribution is -0.141. The summed E-state index contributed by atoms with van der Waals surface area (Å²) in [6.45, 7) is 3.97. The van der Waals surface area contributed by atoms with Crippen molar-refractivity contribution in [3.8, 4) is 0 Å². The second-order valence-electron chi connectivity index (χ2n) is 7.80. The third kappa shape index (κ3) is 3.45. The van der Waals surface area contributed by atoms with E-state index in [2.05, 4.69) is 4.98 Å². The molecule has 0 aliphatic carbocycles. The van der Waals surface area contributed by atoms with Crippen LogP contribution in [-0.2, 0) is 9.53 Å². The molecule has 1 aromatic heterocycles. The first-order chi connectivity index (χ1) is 12.2. The first-order valence-electron chi connectivity index (χ1n) is 9.47. The van der Waals surface area contributed by atoms with Crippen molar-refractivity contribution < 1.29 is 14.3 Å². The molecule has 0 unspecified atom stereocenters. The minimum Gasteiger partial charge on any atom is -0.376 e. The summed E-state index contributed by atoms with van der Waals surface area (Å²) in [4.78, 5) is 31.8. The number of aromatic amines is 1. The van der Waals surface area contributed by atoms with Gasteiger partial charge in [-0.2, -0.15) is 0 Å². The molecule has 6 heteroatoms. The monoisotopic (exact) mass is 345 g/mol. The fourth-order valence-corrected chi connectivity index (χ4v) is 4.53. The number of nitrogens with zero attached hydrogens (tertiary/aromatic N) is 2. The van der Waals surface area contributed by atoms with Gasteiger partial charge in [-0.05, 0) is 43.6 Å². The second-order valence-corrected chi connectivity index (χ2v) is 7.80. The van der Waals surface area contributed by atoms with Gasteiger partial charge >= 0.3 is 0 Å². The lowest BCUT2D eigenvalue weighted by atomic mass is 9.72. The predicted octanol–water partition coefficient (Wildman–Crippen LogP) is 2.04. The first-order valence-corrected chi connectivity index (χ1v) is 9.47. The number of H-pyrrole nitrogens is 1. The normalized spacial score (nSPS) is 26.4. The van der Waals surface area contributed by atoms with Crippen LogP contribution < -0.4 is 0 Å². The van der Waals surface area contributed by atoms with Gasteiger partial charge in [0, 0.05) is 51.6 Å². The Bertz CT molecular complexity index is 614. The van der Waals surface area contributed by atoms with Crippen LogP contribution in [0.15, 0.2) is 18.5 Å². The Morgan fingerprint density at radius 1 is 1.32 bits per heavy atom. The Balaban J connectivity index is 1.36. The fraction of sp³-hybridized carbons (Fsp3) is 0.684. The average molecular weight is 345 g/mol. The molecular formula is C19H27N3O3. The van der Waals surface area contributed by atoms with Gasteiger partial charge in [-0.3, -0.25) is 9.59 Å². The van der Waals surface area contributed by atoms with E-state index < -0.39 is 0 Å². The van der Waals surface area contributed by atoms with E-state index in [0.717, 1.165) is 70.5 Å². The smallest absolute Gasteiger partial charge is 0.255 e. The number of ether oxygens (including phenoxy) is 1. The van der Waals surface area contributed by atoms with E-state index in [1.165, 1.54) is 0 Å². The van der Waals surface area contributed by atoms with Crippen LogP contribution in [0, 0.1) is 5.41 Å². The molecule has 4 rings (SSSR count). The van der Waals surface area contributed by atoms with E-state index in [9.17, 15) is 9.59 Å². The Morgan fingerprint density at radius 2 is 2.16 bits per heavy atom. The van der Waals surface area contributed by atoms with E-state index in [4.69, 9.17) is 4.74 Å². The number of aromatic nitrogens is 1. The van der Waals surface area contributed by atoms with Crippen molar-refractivity contribution >= 4 is 11.8 Å². The minimum atomic E-state index is 0.110. The number of carbonyl (C=O) groups excluding carboxylic acids is 2. The van der Waals surface area contributed by atoms with Crippen LogP contribution in [0.3, 0.4) is 0 Å². The number of amides is 2. The van der Waals surface area contributed by atoms with Crippen molar-refractivity contribution in [2.45, 2.75) is 44.6 Å². The number of hydrogen-bond acceptors (Lipinski definition) is 3. The van der Waals surface area contributed by atoms with E-state index in [1.807, 2.05) is 15.9 Å². The zero-order chi connectivity index (χ0) is 17.3. The molecule has 0 aromatic carbocycles. The third-order valence-corrected chi connectivity index (χ3v) is 6.15. The van der Waals surface area contributed by atoms with Gasteiger partial charge in [0.25, 0.3) is 5.91 Å². The summed E-state index contributed by atoms with van der Waals surface area (Å²) in [6, 6.07) is 1.83. The van der Waals surface area contributed by atoms with E-state index >= 15 is 0 Å². The number of carbonyl (C=O) groups is 2. The Labute approximate surface area is 148 Å². The summed E-state index contributed by atoms with van der Waals surface area (Å²) in [5.74, 6) is 0.381. The SMILES string of the molecule is O=C1CCC2(CCN(C(=O)c3cc[nH]c3)CC2)CN1C[C@H]1CCCO1. The van der Waals surface area contributed by atoms with Crippen molar-refractivity contribution in [3.63, 3.8) is 0 Å². The highest BCUT2D eigenvalue weighted by Crippen LogP contribution is 2.40. The molecular weight excluding hydrogens is 318 g/mol. The first kappa shape index (κ1) is 16.6. The molecule has 1 aromatic rings. The average Bonchev–Trinajstić information content (AvgIpc) is 3.32. The molecule has 0 bridgehead atoms. The molecule has 1 N–H and O–H groups in total. The molecule has 3 aliphatic rings. The molecule has 2 amide bonds. The molecule has 4 heterocycles. The number of piperidine rings is 2. The summed E-state index contributed by atoms with van der Waals surface area (Å²) in [5, 5.41) is 0. The van der Waals surface area contributed by atoms with Crippen LogP contribution in [0.5, 0.6) is 0 Å². The standard InChI is InChI=1S/C19H27N3O3/c23-17-3-5-19(14-22(17)13-16-2-1-11-25-16)6-9-21(10-7-19)18(24)15-4-8-20-12-15/h4,8,12,16,20H,1-3,5-7,9-11,13-14H2/t16-/m1/s1. The largest absolute Gasteiger partial charge is 0.376 e. The van der Waals surface area contributed by atoms with Crippen LogP contribution in [0.1, 0.15) is 48.9 Å². The molecule has 3 fully saturated rings. The Morgan fingerprint density at radius 3 is 2.84 bits per heavy atom. The lowest BCUT2D eigenvalue weighted by Gasteiger charge is -2.47. The van der Waals surface area contributed by atoms with Crippen molar-refractivity contribution in [1.29, 1.82) is 0 Å². The quantitative estimate of drug-likeness (QED) is 0.912. The summed E-state index contributed by atoms with van der Waals surface area (Å²) in [7, 11) is 0. The van der Waals surface area contributed by atoms with Gasteiger partial charge in [0.2, 0.25) is 5.91 Å². The molecule has 136 valence electrons. The predicted molar refractivity (Wildman–Crippen MR) is 93.2 cm³/mol. The number of nitrogens with one attached hydrogen (secondary N) is 1. The van der Waals surface area contributed by atoms with Crippen LogP contribution in [-0.4, -0.2) is 65.5 Å². The Hall–Kier alpha value is -1.82. The highest BCUT2D eigenvalue weighted by molar-refractivity contribution is 5.94. The van der Waals surface area contributed by atoms with Crippen molar-refractivity contribution in [2.24, 2.45) is 5.41 Å². The van der Waals surface area contributed by atoms with Crippen molar-refractivity contribution in [3.05, 3.63) is 24.0 Å².